The lowest BCUT2D eigenvalue weighted by molar-refractivity contribution is 0.269. The molecule has 5 N–H and O–H groups in total. The minimum atomic E-state index is -0.347. The number of aliphatic hydroxyl groups excluding tert-OH is 1. The second-order valence-corrected chi connectivity index (χ2v) is 4.31. The normalized spacial score (nSPS) is 13.3. The summed E-state index contributed by atoms with van der Waals surface area (Å²) in [7, 11) is 0. The molecule has 1 atom stereocenters. The van der Waals surface area contributed by atoms with Gasteiger partial charge in [0.1, 0.15) is 11.6 Å². The Balaban J connectivity index is 2.64. The fourth-order valence-corrected chi connectivity index (χ4v) is 1.50. The molecule has 0 bridgehead atoms. The first kappa shape index (κ1) is 15.5. The second-order valence-electron chi connectivity index (χ2n) is 4.31. The Kier molecular flexibility index (Phi) is 6.92. The summed E-state index contributed by atoms with van der Waals surface area (Å²) < 4.78 is 5.56. The molecule has 0 aliphatic rings. The van der Waals surface area contributed by atoms with Crippen molar-refractivity contribution in [2.75, 3.05) is 19.8 Å². The molecule has 0 unspecified atom stereocenters. The van der Waals surface area contributed by atoms with Gasteiger partial charge in [0, 0.05) is 12.1 Å². The van der Waals surface area contributed by atoms with E-state index in [4.69, 9.17) is 21.3 Å². The van der Waals surface area contributed by atoms with Gasteiger partial charge in [-0.3, -0.25) is 4.99 Å². The zero-order valence-electron chi connectivity index (χ0n) is 11.4. The molecule has 19 heavy (non-hydrogen) atoms. The van der Waals surface area contributed by atoms with Crippen molar-refractivity contribution in [3.05, 3.63) is 29.8 Å². The van der Waals surface area contributed by atoms with Gasteiger partial charge in [0.25, 0.3) is 0 Å². The number of nitrogens with zero attached hydrogens (tertiary/aromatic N) is 1. The van der Waals surface area contributed by atoms with Crippen molar-refractivity contribution in [1.82, 2.24) is 0 Å². The lowest BCUT2D eigenvalue weighted by Gasteiger charge is -2.09. The highest BCUT2D eigenvalue weighted by molar-refractivity contribution is 5.97. The highest BCUT2D eigenvalue weighted by Crippen LogP contribution is 2.12. The summed E-state index contributed by atoms with van der Waals surface area (Å²) in [5, 5.41) is 9.02. The Morgan fingerprint density at radius 2 is 2.05 bits per heavy atom. The standard InChI is InChI=1S/C14H23N3O2/c1-2-3-8-19-13-6-4-11(5-7-13)14(16)17-12(9-15)10-18/h4-7,12,18H,2-3,8-10,15H2,1H3,(H2,16,17)/t12-/m1/s1. The molecule has 0 fully saturated rings. The monoisotopic (exact) mass is 265 g/mol. The van der Waals surface area contributed by atoms with E-state index < -0.39 is 0 Å². The minimum Gasteiger partial charge on any atom is -0.494 e. The van der Waals surface area contributed by atoms with Gasteiger partial charge in [0.05, 0.1) is 19.3 Å². The first-order valence-corrected chi connectivity index (χ1v) is 6.58. The Morgan fingerprint density at radius 3 is 2.58 bits per heavy atom. The van der Waals surface area contributed by atoms with E-state index in [2.05, 4.69) is 11.9 Å². The molecule has 1 rings (SSSR count). The van der Waals surface area contributed by atoms with Crippen LogP contribution < -0.4 is 16.2 Å². The van der Waals surface area contributed by atoms with Crippen LogP contribution in [0.3, 0.4) is 0 Å². The molecule has 0 aromatic heterocycles. The van der Waals surface area contributed by atoms with Gasteiger partial charge >= 0.3 is 0 Å². The van der Waals surface area contributed by atoms with Crippen LogP contribution in [0.1, 0.15) is 25.3 Å². The summed E-state index contributed by atoms with van der Waals surface area (Å²) in [4.78, 5) is 4.17. The summed E-state index contributed by atoms with van der Waals surface area (Å²) in [5.41, 5.74) is 12.1. The highest BCUT2D eigenvalue weighted by Gasteiger charge is 2.05. The predicted molar refractivity (Wildman–Crippen MR) is 77.5 cm³/mol. The van der Waals surface area contributed by atoms with E-state index in [9.17, 15) is 0 Å². The largest absolute Gasteiger partial charge is 0.494 e. The third kappa shape index (κ3) is 5.28. The van der Waals surface area contributed by atoms with Crippen LogP contribution >= 0.6 is 0 Å². The first-order chi connectivity index (χ1) is 9.21. The van der Waals surface area contributed by atoms with Gasteiger partial charge in [0.15, 0.2) is 0 Å². The van der Waals surface area contributed by atoms with Crippen molar-refractivity contribution < 1.29 is 9.84 Å². The average Bonchev–Trinajstić information content (AvgIpc) is 2.45. The maximum atomic E-state index is 9.02. The Morgan fingerprint density at radius 1 is 1.37 bits per heavy atom. The van der Waals surface area contributed by atoms with Gasteiger partial charge < -0.3 is 21.3 Å². The van der Waals surface area contributed by atoms with Gasteiger partial charge in [-0.25, -0.2) is 0 Å². The number of unbranched alkanes of at least 4 members (excludes halogenated alkanes) is 1. The predicted octanol–water partition coefficient (Wildman–Crippen LogP) is 0.890. The molecular weight excluding hydrogens is 242 g/mol. The maximum absolute atomic E-state index is 9.02. The summed E-state index contributed by atoms with van der Waals surface area (Å²) in [6, 6.07) is 7.09. The fraction of sp³-hybridized carbons (Fsp3) is 0.500. The molecule has 0 saturated heterocycles. The molecule has 0 amide bonds. The number of aliphatic hydroxyl groups is 1. The summed E-state index contributed by atoms with van der Waals surface area (Å²) in [6.07, 6.45) is 2.15. The molecule has 0 radical (unpaired) electrons. The molecular formula is C14H23N3O2. The van der Waals surface area contributed by atoms with Crippen LogP contribution in [0, 0.1) is 0 Å². The van der Waals surface area contributed by atoms with Gasteiger partial charge in [-0.05, 0) is 30.7 Å². The van der Waals surface area contributed by atoms with Crippen LogP contribution in [0.4, 0.5) is 0 Å². The lowest BCUT2D eigenvalue weighted by Crippen LogP contribution is -2.26. The second kappa shape index (κ2) is 8.50. The molecule has 1 aromatic carbocycles. The van der Waals surface area contributed by atoms with E-state index in [1.807, 2.05) is 24.3 Å². The van der Waals surface area contributed by atoms with Crippen LogP contribution in [0.15, 0.2) is 29.3 Å². The van der Waals surface area contributed by atoms with E-state index >= 15 is 0 Å². The smallest absolute Gasteiger partial charge is 0.126 e. The summed E-state index contributed by atoms with van der Waals surface area (Å²) in [5.74, 6) is 1.20. The van der Waals surface area contributed by atoms with E-state index in [-0.39, 0.29) is 19.2 Å². The van der Waals surface area contributed by atoms with Crippen molar-refractivity contribution in [1.29, 1.82) is 0 Å². The van der Waals surface area contributed by atoms with E-state index in [1.54, 1.807) is 0 Å². The van der Waals surface area contributed by atoms with E-state index in [0.29, 0.717) is 5.84 Å². The zero-order chi connectivity index (χ0) is 14.1. The van der Waals surface area contributed by atoms with E-state index in [0.717, 1.165) is 30.8 Å². The molecule has 0 aliphatic heterocycles. The van der Waals surface area contributed by atoms with Crippen molar-refractivity contribution in [3.8, 4) is 5.75 Å². The third-order valence-electron chi connectivity index (χ3n) is 2.72. The van der Waals surface area contributed by atoms with Crippen LogP contribution in [0.25, 0.3) is 0 Å². The molecule has 5 heteroatoms. The van der Waals surface area contributed by atoms with Crippen molar-refractivity contribution in [2.45, 2.75) is 25.8 Å². The van der Waals surface area contributed by atoms with Crippen LogP contribution in [0.5, 0.6) is 5.75 Å². The first-order valence-electron chi connectivity index (χ1n) is 6.58. The summed E-state index contributed by atoms with van der Waals surface area (Å²) in [6.45, 7) is 3.02. The fourth-order valence-electron chi connectivity index (χ4n) is 1.50. The number of hydrogen-bond donors (Lipinski definition) is 3. The number of benzene rings is 1. The Bertz CT molecular complexity index is 386. The number of ether oxygens (including phenoxy) is 1. The van der Waals surface area contributed by atoms with Gasteiger partial charge in [-0.15, -0.1) is 0 Å². The number of rotatable bonds is 8. The van der Waals surface area contributed by atoms with Crippen molar-refractivity contribution in [3.63, 3.8) is 0 Å². The van der Waals surface area contributed by atoms with Crippen LogP contribution in [0.2, 0.25) is 0 Å². The van der Waals surface area contributed by atoms with E-state index in [1.165, 1.54) is 0 Å². The number of nitrogens with two attached hydrogens (primary N) is 2. The highest BCUT2D eigenvalue weighted by atomic mass is 16.5. The number of hydrogen-bond acceptors (Lipinski definition) is 4. The third-order valence-corrected chi connectivity index (χ3v) is 2.72. The van der Waals surface area contributed by atoms with Crippen molar-refractivity contribution in [2.24, 2.45) is 16.5 Å². The Labute approximate surface area is 114 Å². The maximum Gasteiger partial charge on any atom is 0.126 e. The molecule has 0 spiro atoms. The van der Waals surface area contributed by atoms with Gasteiger partial charge in [0.2, 0.25) is 0 Å². The molecule has 0 saturated carbocycles. The molecule has 1 aromatic rings. The minimum absolute atomic E-state index is 0.102. The topological polar surface area (TPSA) is 93.9 Å². The zero-order valence-corrected chi connectivity index (χ0v) is 11.4. The van der Waals surface area contributed by atoms with Gasteiger partial charge in [-0.1, -0.05) is 13.3 Å². The SMILES string of the molecule is CCCCOc1ccc(C(N)=N[C@H](CN)CO)cc1. The molecule has 106 valence electrons. The van der Waals surface area contributed by atoms with Gasteiger partial charge in [-0.2, -0.15) is 0 Å². The lowest BCUT2D eigenvalue weighted by atomic mass is 10.2. The van der Waals surface area contributed by atoms with Crippen LogP contribution in [-0.4, -0.2) is 36.7 Å². The molecule has 0 aliphatic carbocycles. The summed E-state index contributed by atoms with van der Waals surface area (Å²) >= 11 is 0. The number of aliphatic imine (C=N–C) groups is 1. The quantitative estimate of drug-likeness (QED) is 0.369. The van der Waals surface area contributed by atoms with Crippen LogP contribution in [-0.2, 0) is 0 Å². The number of amidine groups is 1. The van der Waals surface area contributed by atoms with Crippen molar-refractivity contribution >= 4 is 5.84 Å². The molecule has 5 nitrogen and oxygen atoms in total. The molecule has 0 heterocycles. The Hall–Kier alpha value is -1.59. The average molecular weight is 265 g/mol.